The van der Waals surface area contributed by atoms with Gasteiger partial charge in [-0.05, 0) is 29.6 Å². The third kappa shape index (κ3) is 4.75. The van der Waals surface area contributed by atoms with Gasteiger partial charge in [-0.25, -0.2) is 4.79 Å². The van der Waals surface area contributed by atoms with E-state index in [-0.39, 0.29) is 12.2 Å². The molecule has 3 aliphatic carbocycles. The Balaban J connectivity index is 1.94. The van der Waals surface area contributed by atoms with Crippen molar-refractivity contribution in [3.8, 4) is 0 Å². The van der Waals surface area contributed by atoms with E-state index in [2.05, 4.69) is 6.58 Å². The van der Waals surface area contributed by atoms with Crippen molar-refractivity contribution in [1.29, 1.82) is 0 Å². The number of hydrogen-bond acceptors (Lipinski definition) is 10. The molecule has 0 aromatic heterocycles. The molecule has 4 aliphatic rings. The van der Waals surface area contributed by atoms with Crippen LogP contribution in [0.15, 0.2) is 47.6 Å². The molecule has 8 unspecified atom stereocenters. The van der Waals surface area contributed by atoms with Gasteiger partial charge in [0, 0.05) is 53.6 Å². The van der Waals surface area contributed by atoms with Gasteiger partial charge in [-0.2, -0.15) is 0 Å². The maximum Gasteiger partial charge on any atom is 0.333 e. The second kappa shape index (κ2) is 10.4. The summed E-state index contributed by atoms with van der Waals surface area (Å²) in [5.41, 5.74) is -1.44. The number of hydrogen-bond donors (Lipinski definition) is 1. The number of rotatable bonds is 6. The highest BCUT2D eigenvalue weighted by Crippen LogP contribution is 2.65. The van der Waals surface area contributed by atoms with Crippen molar-refractivity contribution in [1.82, 2.24) is 0 Å². The quantitative estimate of drug-likeness (QED) is 0.374. The zero-order valence-corrected chi connectivity index (χ0v) is 24.5. The zero-order valence-electron chi connectivity index (χ0n) is 24.5. The SMILES string of the molecule is C=C1C2=CCC(C3=CC(=O)OC3O)C2(C)C(OC(C)=O)C(OC(C)=O)C1C1(C)C=CC(=O)C(C)(C)C1CC(=O)OC. The van der Waals surface area contributed by atoms with Crippen LogP contribution in [0, 0.1) is 34.0 Å². The lowest BCUT2D eigenvalue weighted by Crippen LogP contribution is -2.62. The Morgan fingerprint density at radius 1 is 1.10 bits per heavy atom. The standard InChI is InChI=1S/C31H38O10/c1-15-19-9-10-20(18-13-24(36)41-28(18)37)31(19,7)27(40-17(3)33)26(39-16(2)32)25(15)30(6)12-11-22(34)29(4,5)21(30)14-23(35)38-8/h9,11-13,20-21,25-28,37H,1,10,14H2,2-8H3. The van der Waals surface area contributed by atoms with Gasteiger partial charge in [0.1, 0.15) is 12.2 Å². The van der Waals surface area contributed by atoms with Gasteiger partial charge in [0.25, 0.3) is 0 Å². The fourth-order valence-corrected chi connectivity index (χ4v) is 7.77. The molecule has 222 valence electrons. The molecule has 0 aromatic rings. The van der Waals surface area contributed by atoms with E-state index in [0.29, 0.717) is 17.6 Å². The third-order valence-electron chi connectivity index (χ3n) is 9.72. The van der Waals surface area contributed by atoms with Gasteiger partial charge >= 0.3 is 23.9 Å². The van der Waals surface area contributed by atoms with Crippen LogP contribution in [0.1, 0.15) is 54.4 Å². The molecule has 1 fully saturated rings. The van der Waals surface area contributed by atoms with E-state index in [1.807, 2.05) is 19.9 Å². The van der Waals surface area contributed by atoms with Crippen molar-refractivity contribution < 1.29 is 48.0 Å². The number of allylic oxidation sites excluding steroid dienone is 3. The molecular formula is C31H38O10. The van der Waals surface area contributed by atoms with E-state index in [0.717, 1.165) is 5.57 Å². The van der Waals surface area contributed by atoms with E-state index in [4.69, 9.17) is 18.9 Å². The number of ether oxygens (including phenoxy) is 4. The summed E-state index contributed by atoms with van der Waals surface area (Å²) in [5, 5.41) is 10.6. The van der Waals surface area contributed by atoms with Gasteiger partial charge in [0.15, 0.2) is 5.78 Å². The van der Waals surface area contributed by atoms with Crippen LogP contribution in [0.5, 0.6) is 0 Å². The Labute approximate surface area is 239 Å². The highest BCUT2D eigenvalue weighted by molar-refractivity contribution is 5.96. The van der Waals surface area contributed by atoms with E-state index < -0.39 is 76.4 Å². The molecule has 0 bridgehead atoms. The smallest absolute Gasteiger partial charge is 0.333 e. The van der Waals surface area contributed by atoms with Crippen LogP contribution in [0.3, 0.4) is 0 Å². The number of methoxy groups -OCH3 is 1. The van der Waals surface area contributed by atoms with Gasteiger partial charge in [0.05, 0.1) is 13.5 Å². The summed E-state index contributed by atoms with van der Waals surface area (Å²) in [6, 6.07) is 0. The average molecular weight is 571 g/mol. The van der Waals surface area contributed by atoms with Crippen LogP contribution in [0.4, 0.5) is 0 Å². The first-order valence-electron chi connectivity index (χ1n) is 13.6. The molecule has 10 nitrogen and oxygen atoms in total. The second-order valence-electron chi connectivity index (χ2n) is 12.3. The number of esters is 4. The zero-order chi connectivity index (χ0) is 30.7. The van der Waals surface area contributed by atoms with Crippen LogP contribution >= 0.6 is 0 Å². The summed E-state index contributed by atoms with van der Waals surface area (Å²) < 4.78 is 21.9. The van der Waals surface area contributed by atoms with Crippen molar-refractivity contribution in [3.05, 3.63) is 47.6 Å². The molecule has 1 aliphatic heterocycles. The molecule has 0 saturated heterocycles. The van der Waals surface area contributed by atoms with Crippen molar-refractivity contribution in [2.45, 2.75) is 72.9 Å². The molecule has 0 spiro atoms. The Bertz CT molecular complexity index is 1300. The average Bonchev–Trinajstić information content (AvgIpc) is 3.39. The number of aliphatic hydroxyl groups is 1. The first-order valence-corrected chi connectivity index (χ1v) is 13.6. The molecule has 41 heavy (non-hydrogen) atoms. The fourth-order valence-electron chi connectivity index (χ4n) is 7.77. The van der Waals surface area contributed by atoms with Crippen LogP contribution in [0.25, 0.3) is 0 Å². The monoisotopic (exact) mass is 570 g/mol. The number of aliphatic hydroxyl groups excluding tert-OH is 1. The van der Waals surface area contributed by atoms with Crippen LogP contribution in [0.2, 0.25) is 0 Å². The molecule has 0 aromatic carbocycles. The fraction of sp³-hybridized carbons (Fsp3) is 0.581. The molecule has 10 heteroatoms. The Morgan fingerprint density at radius 2 is 1.73 bits per heavy atom. The topological polar surface area (TPSA) is 142 Å². The molecule has 0 radical (unpaired) electrons. The first kappa shape index (κ1) is 30.4. The molecule has 8 atom stereocenters. The lowest BCUT2D eigenvalue weighted by Gasteiger charge is -2.58. The van der Waals surface area contributed by atoms with Gasteiger partial charge in [-0.15, -0.1) is 0 Å². The maximum atomic E-state index is 13.1. The maximum absolute atomic E-state index is 13.1. The van der Waals surface area contributed by atoms with E-state index in [9.17, 15) is 29.1 Å². The first-order chi connectivity index (χ1) is 19.0. The van der Waals surface area contributed by atoms with Crippen LogP contribution in [-0.2, 0) is 42.9 Å². The Hall–Kier alpha value is -3.53. The molecule has 1 heterocycles. The van der Waals surface area contributed by atoms with Gasteiger partial charge in [-0.1, -0.05) is 46.4 Å². The normalized spacial score (nSPS) is 37.5. The van der Waals surface area contributed by atoms with Gasteiger partial charge < -0.3 is 24.1 Å². The lowest BCUT2D eigenvalue weighted by molar-refractivity contribution is -0.192. The number of ketones is 1. The largest absolute Gasteiger partial charge is 0.469 e. The minimum atomic E-state index is -1.47. The van der Waals surface area contributed by atoms with Crippen LogP contribution < -0.4 is 0 Å². The predicted molar refractivity (Wildman–Crippen MR) is 144 cm³/mol. The molecular weight excluding hydrogens is 532 g/mol. The van der Waals surface area contributed by atoms with Gasteiger partial charge in [-0.3, -0.25) is 19.2 Å². The highest BCUT2D eigenvalue weighted by Gasteiger charge is 2.66. The van der Waals surface area contributed by atoms with Gasteiger partial charge in [0.2, 0.25) is 6.29 Å². The van der Waals surface area contributed by atoms with Crippen molar-refractivity contribution >= 4 is 29.7 Å². The molecule has 4 rings (SSSR count). The summed E-state index contributed by atoms with van der Waals surface area (Å²) in [4.78, 5) is 63.0. The predicted octanol–water partition coefficient (Wildman–Crippen LogP) is 3.14. The Morgan fingerprint density at radius 3 is 2.27 bits per heavy atom. The lowest BCUT2D eigenvalue weighted by atomic mass is 9.47. The molecule has 0 amide bonds. The summed E-state index contributed by atoms with van der Waals surface area (Å²) in [7, 11) is 1.28. The van der Waals surface area contributed by atoms with Crippen molar-refractivity contribution in [2.75, 3.05) is 7.11 Å². The van der Waals surface area contributed by atoms with E-state index >= 15 is 0 Å². The summed E-state index contributed by atoms with van der Waals surface area (Å²) >= 11 is 0. The summed E-state index contributed by atoms with van der Waals surface area (Å²) in [6.07, 6.45) is 3.01. The second-order valence-corrected chi connectivity index (χ2v) is 12.3. The highest BCUT2D eigenvalue weighted by atomic mass is 16.6. The number of carbonyl (C=O) groups excluding carboxylic acids is 5. The summed E-state index contributed by atoms with van der Waals surface area (Å²) in [6.45, 7) is 14.2. The van der Waals surface area contributed by atoms with E-state index in [1.165, 1.54) is 33.1 Å². The number of carbonyl (C=O) groups is 5. The van der Waals surface area contributed by atoms with Crippen LogP contribution in [-0.4, -0.2) is 60.4 Å². The van der Waals surface area contributed by atoms with E-state index in [1.54, 1.807) is 19.9 Å². The Kier molecular flexibility index (Phi) is 7.71. The van der Waals surface area contributed by atoms with Crippen molar-refractivity contribution in [3.63, 3.8) is 0 Å². The minimum absolute atomic E-state index is 0.0949. The number of cyclic esters (lactones) is 1. The number of fused-ring (bicyclic) bond motifs is 1. The van der Waals surface area contributed by atoms with Crippen molar-refractivity contribution in [2.24, 2.45) is 34.0 Å². The third-order valence-corrected chi connectivity index (χ3v) is 9.72. The summed E-state index contributed by atoms with van der Waals surface area (Å²) in [5.74, 6) is -4.48. The minimum Gasteiger partial charge on any atom is -0.469 e. The molecule has 1 N–H and O–H groups in total. The molecule has 1 saturated carbocycles.